The molecule has 0 saturated heterocycles. The number of para-hydroxylation sites is 1. The zero-order valence-electron chi connectivity index (χ0n) is 8.44. The molecule has 0 aliphatic rings. The Hall–Kier alpha value is -2.10. The van der Waals surface area contributed by atoms with Crippen molar-refractivity contribution in [3.8, 4) is 5.75 Å². The summed E-state index contributed by atoms with van der Waals surface area (Å²) in [6.07, 6.45) is 1.65. The largest absolute Gasteiger partial charge is 0.482 e. The number of aromatic nitrogens is 1. The third-order valence-corrected chi connectivity index (χ3v) is 2.09. The Morgan fingerprint density at radius 1 is 1.25 bits per heavy atom. The average molecular weight is 219 g/mol. The van der Waals surface area contributed by atoms with Crippen molar-refractivity contribution >= 4 is 5.78 Å². The third kappa shape index (κ3) is 2.28. The zero-order chi connectivity index (χ0) is 11.4. The molecule has 3 nitrogen and oxygen atoms in total. The van der Waals surface area contributed by atoms with Gasteiger partial charge in [-0.1, -0.05) is 12.1 Å². The minimum atomic E-state index is -0.471. The SMILES string of the molecule is O=C(COc1ccccc1F)c1ccc[nH]1. The number of rotatable bonds is 4. The van der Waals surface area contributed by atoms with Crippen LogP contribution in [0.4, 0.5) is 4.39 Å². The molecule has 0 bridgehead atoms. The minimum Gasteiger partial charge on any atom is -0.482 e. The van der Waals surface area contributed by atoms with Crippen molar-refractivity contribution in [1.82, 2.24) is 4.98 Å². The molecule has 1 N–H and O–H groups in total. The first-order valence-corrected chi connectivity index (χ1v) is 4.81. The van der Waals surface area contributed by atoms with Crippen LogP contribution in [0, 0.1) is 5.82 Å². The highest BCUT2D eigenvalue weighted by atomic mass is 19.1. The summed E-state index contributed by atoms with van der Waals surface area (Å²) in [7, 11) is 0. The van der Waals surface area contributed by atoms with Gasteiger partial charge in [-0.15, -0.1) is 0 Å². The number of H-pyrrole nitrogens is 1. The fourth-order valence-corrected chi connectivity index (χ4v) is 1.29. The standard InChI is InChI=1S/C12H10FNO2/c13-9-4-1-2-6-12(9)16-8-11(15)10-5-3-7-14-10/h1-7,14H,8H2. The summed E-state index contributed by atoms with van der Waals surface area (Å²) in [5.41, 5.74) is 0.455. The molecule has 1 aromatic heterocycles. The fourth-order valence-electron chi connectivity index (χ4n) is 1.29. The molecule has 0 fully saturated rings. The molecule has 2 rings (SSSR count). The number of hydrogen-bond donors (Lipinski definition) is 1. The van der Waals surface area contributed by atoms with E-state index in [0.29, 0.717) is 5.69 Å². The van der Waals surface area contributed by atoms with Gasteiger partial charge < -0.3 is 9.72 Å². The molecule has 0 radical (unpaired) electrons. The monoisotopic (exact) mass is 219 g/mol. The maximum absolute atomic E-state index is 13.1. The van der Waals surface area contributed by atoms with Gasteiger partial charge >= 0.3 is 0 Å². The van der Waals surface area contributed by atoms with Gasteiger partial charge in [-0.25, -0.2) is 4.39 Å². The highest BCUT2D eigenvalue weighted by Gasteiger charge is 2.08. The number of halogens is 1. The van der Waals surface area contributed by atoms with E-state index < -0.39 is 5.82 Å². The second-order valence-electron chi connectivity index (χ2n) is 3.23. The van der Waals surface area contributed by atoms with Gasteiger partial charge in [0.1, 0.15) is 0 Å². The first kappa shape index (κ1) is 10.4. The highest BCUT2D eigenvalue weighted by Crippen LogP contribution is 2.15. The molecule has 0 unspecified atom stereocenters. The molecular weight excluding hydrogens is 209 g/mol. The van der Waals surface area contributed by atoms with E-state index in [4.69, 9.17) is 4.74 Å². The number of Topliss-reactive ketones (excluding diaryl/α,β-unsaturated/α-hetero) is 1. The van der Waals surface area contributed by atoms with Crippen molar-refractivity contribution in [2.75, 3.05) is 6.61 Å². The fraction of sp³-hybridized carbons (Fsp3) is 0.0833. The van der Waals surface area contributed by atoms with E-state index in [-0.39, 0.29) is 18.1 Å². The Morgan fingerprint density at radius 3 is 2.75 bits per heavy atom. The normalized spacial score (nSPS) is 10.1. The van der Waals surface area contributed by atoms with Gasteiger partial charge in [0.25, 0.3) is 0 Å². The number of ketones is 1. The van der Waals surface area contributed by atoms with Crippen LogP contribution in [0.5, 0.6) is 5.75 Å². The van der Waals surface area contributed by atoms with Crippen molar-refractivity contribution < 1.29 is 13.9 Å². The molecule has 82 valence electrons. The maximum Gasteiger partial charge on any atom is 0.216 e. The van der Waals surface area contributed by atoms with Gasteiger partial charge in [-0.05, 0) is 24.3 Å². The van der Waals surface area contributed by atoms with Gasteiger partial charge in [0.15, 0.2) is 18.2 Å². The van der Waals surface area contributed by atoms with Gasteiger partial charge in [0.05, 0.1) is 5.69 Å². The van der Waals surface area contributed by atoms with Crippen LogP contribution in [0.1, 0.15) is 10.5 Å². The number of ether oxygens (including phenoxy) is 1. The number of benzene rings is 1. The number of aromatic amines is 1. The molecule has 0 atom stereocenters. The number of hydrogen-bond acceptors (Lipinski definition) is 2. The maximum atomic E-state index is 13.1. The van der Waals surface area contributed by atoms with E-state index in [1.54, 1.807) is 30.5 Å². The van der Waals surface area contributed by atoms with Crippen LogP contribution in [-0.2, 0) is 0 Å². The smallest absolute Gasteiger partial charge is 0.216 e. The number of carbonyl (C=O) groups excluding carboxylic acids is 1. The lowest BCUT2D eigenvalue weighted by atomic mass is 10.3. The van der Waals surface area contributed by atoms with E-state index in [9.17, 15) is 9.18 Å². The molecule has 2 aromatic rings. The molecule has 1 aromatic carbocycles. The van der Waals surface area contributed by atoms with Crippen LogP contribution in [0.3, 0.4) is 0 Å². The number of nitrogens with one attached hydrogen (secondary N) is 1. The summed E-state index contributed by atoms with van der Waals surface area (Å²) in [6.45, 7) is -0.179. The van der Waals surface area contributed by atoms with E-state index >= 15 is 0 Å². The van der Waals surface area contributed by atoms with Crippen molar-refractivity contribution in [3.63, 3.8) is 0 Å². The molecule has 0 spiro atoms. The van der Waals surface area contributed by atoms with Crippen LogP contribution < -0.4 is 4.74 Å². The molecule has 0 aliphatic heterocycles. The van der Waals surface area contributed by atoms with Gasteiger partial charge in [0, 0.05) is 6.20 Å². The second-order valence-corrected chi connectivity index (χ2v) is 3.23. The molecule has 0 amide bonds. The van der Waals surface area contributed by atoms with Crippen LogP contribution >= 0.6 is 0 Å². The summed E-state index contributed by atoms with van der Waals surface area (Å²) in [6, 6.07) is 9.35. The quantitative estimate of drug-likeness (QED) is 0.802. The minimum absolute atomic E-state index is 0.0856. The Balaban J connectivity index is 1.98. The van der Waals surface area contributed by atoms with Crippen molar-refractivity contribution in [2.45, 2.75) is 0 Å². The molecule has 0 saturated carbocycles. The molecule has 1 heterocycles. The molecule has 4 heteroatoms. The Kier molecular flexibility index (Phi) is 3.00. The van der Waals surface area contributed by atoms with Crippen LogP contribution in [-0.4, -0.2) is 17.4 Å². The van der Waals surface area contributed by atoms with Crippen LogP contribution in [0.2, 0.25) is 0 Å². The summed E-state index contributed by atoms with van der Waals surface area (Å²) in [5.74, 6) is -0.600. The van der Waals surface area contributed by atoms with Crippen molar-refractivity contribution in [1.29, 1.82) is 0 Å². The summed E-state index contributed by atoms with van der Waals surface area (Å²) >= 11 is 0. The van der Waals surface area contributed by atoms with E-state index in [1.807, 2.05) is 0 Å². The Labute approximate surface area is 91.9 Å². The van der Waals surface area contributed by atoms with Gasteiger partial charge in [0.2, 0.25) is 5.78 Å². The van der Waals surface area contributed by atoms with Gasteiger partial charge in [-0.3, -0.25) is 4.79 Å². The van der Waals surface area contributed by atoms with Crippen molar-refractivity contribution in [3.05, 3.63) is 54.1 Å². The third-order valence-electron chi connectivity index (χ3n) is 2.09. The predicted molar refractivity (Wildman–Crippen MR) is 57.0 cm³/mol. The second kappa shape index (κ2) is 4.61. The van der Waals surface area contributed by atoms with Crippen LogP contribution in [0.15, 0.2) is 42.6 Å². The Morgan fingerprint density at radius 2 is 2.06 bits per heavy atom. The summed E-state index contributed by atoms with van der Waals surface area (Å²) < 4.78 is 18.2. The molecular formula is C12H10FNO2. The summed E-state index contributed by atoms with van der Waals surface area (Å²) in [5, 5.41) is 0. The highest BCUT2D eigenvalue weighted by molar-refractivity contribution is 5.95. The predicted octanol–water partition coefficient (Wildman–Crippen LogP) is 2.42. The number of carbonyl (C=O) groups is 1. The van der Waals surface area contributed by atoms with E-state index in [0.717, 1.165) is 0 Å². The first-order valence-electron chi connectivity index (χ1n) is 4.81. The van der Waals surface area contributed by atoms with Crippen LogP contribution in [0.25, 0.3) is 0 Å². The Bertz CT molecular complexity index is 480. The lowest BCUT2D eigenvalue weighted by Gasteiger charge is -2.05. The van der Waals surface area contributed by atoms with E-state index in [1.165, 1.54) is 12.1 Å². The first-order chi connectivity index (χ1) is 7.77. The average Bonchev–Trinajstić information content (AvgIpc) is 2.81. The van der Waals surface area contributed by atoms with Crippen molar-refractivity contribution in [2.24, 2.45) is 0 Å². The zero-order valence-corrected chi connectivity index (χ0v) is 8.44. The topological polar surface area (TPSA) is 42.1 Å². The van der Waals surface area contributed by atoms with E-state index in [2.05, 4.69) is 4.98 Å². The molecule has 16 heavy (non-hydrogen) atoms. The molecule has 0 aliphatic carbocycles. The lowest BCUT2D eigenvalue weighted by molar-refractivity contribution is 0.0914. The lowest BCUT2D eigenvalue weighted by Crippen LogP contribution is -2.12. The summed E-state index contributed by atoms with van der Waals surface area (Å²) in [4.78, 5) is 14.3. The van der Waals surface area contributed by atoms with Gasteiger partial charge in [-0.2, -0.15) is 0 Å².